The second-order valence-corrected chi connectivity index (χ2v) is 11.2. The van der Waals surface area contributed by atoms with Gasteiger partial charge in [0.2, 0.25) is 0 Å². The fourth-order valence-electron chi connectivity index (χ4n) is 5.20. The molecule has 1 nitrogen and oxygen atoms in total. The van der Waals surface area contributed by atoms with E-state index in [1.54, 1.807) is 0 Å². The Morgan fingerprint density at radius 2 is 0.833 bits per heavy atom. The molecule has 0 saturated heterocycles. The molecule has 1 heteroatoms. The SMILES string of the molecule is CCCCCCCCCCCCCN(CC=Cc1ccccc1)CCCCCCCCCCCCC. The van der Waals surface area contributed by atoms with Crippen LogP contribution in [-0.4, -0.2) is 24.5 Å². The smallest absolute Gasteiger partial charge is 0.0166 e. The third-order valence-electron chi connectivity index (χ3n) is 7.63. The Bertz CT molecular complexity index is 537. The molecule has 0 aliphatic carbocycles. The van der Waals surface area contributed by atoms with Crippen LogP contribution in [0.2, 0.25) is 0 Å². The molecule has 1 aromatic carbocycles. The first kappa shape index (κ1) is 32.9. The van der Waals surface area contributed by atoms with Crippen molar-refractivity contribution in [3.63, 3.8) is 0 Å². The first-order valence-electron chi connectivity index (χ1n) is 16.3. The van der Waals surface area contributed by atoms with Gasteiger partial charge in [-0.3, -0.25) is 4.90 Å². The molecule has 0 atom stereocenters. The number of hydrogen-bond donors (Lipinski definition) is 0. The predicted octanol–water partition coefficient (Wildman–Crippen LogP) is 11.6. The highest BCUT2D eigenvalue weighted by molar-refractivity contribution is 5.48. The summed E-state index contributed by atoms with van der Waals surface area (Å²) >= 11 is 0. The molecular weight excluding hydrogens is 434 g/mol. The highest BCUT2D eigenvalue weighted by Gasteiger charge is 2.03. The Balaban J connectivity index is 2.14. The molecule has 0 saturated carbocycles. The van der Waals surface area contributed by atoms with Crippen molar-refractivity contribution >= 4 is 6.08 Å². The summed E-state index contributed by atoms with van der Waals surface area (Å²) in [5.74, 6) is 0. The average molecular weight is 498 g/mol. The van der Waals surface area contributed by atoms with Crippen LogP contribution in [0.1, 0.15) is 161 Å². The van der Waals surface area contributed by atoms with Crippen molar-refractivity contribution in [3.05, 3.63) is 42.0 Å². The van der Waals surface area contributed by atoms with Crippen LogP contribution in [0.15, 0.2) is 36.4 Å². The summed E-state index contributed by atoms with van der Waals surface area (Å²) in [5.41, 5.74) is 1.32. The van der Waals surface area contributed by atoms with Gasteiger partial charge in [0.05, 0.1) is 0 Å². The Hall–Kier alpha value is -1.08. The number of hydrogen-bond acceptors (Lipinski definition) is 1. The molecule has 1 aromatic rings. The zero-order valence-electron chi connectivity index (χ0n) is 24.7. The summed E-state index contributed by atoms with van der Waals surface area (Å²) in [5, 5.41) is 0. The summed E-state index contributed by atoms with van der Waals surface area (Å²) < 4.78 is 0. The lowest BCUT2D eigenvalue weighted by Gasteiger charge is -2.20. The Labute approximate surface area is 227 Å². The summed E-state index contributed by atoms with van der Waals surface area (Å²) in [4.78, 5) is 2.71. The molecule has 0 amide bonds. The van der Waals surface area contributed by atoms with Crippen molar-refractivity contribution in [2.75, 3.05) is 19.6 Å². The van der Waals surface area contributed by atoms with E-state index in [1.807, 2.05) is 0 Å². The Morgan fingerprint density at radius 1 is 0.472 bits per heavy atom. The van der Waals surface area contributed by atoms with E-state index in [9.17, 15) is 0 Å². The van der Waals surface area contributed by atoms with E-state index < -0.39 is 0 Å². The second-order valence-electron chi connectivity index (χ2n) is 11.2. The van der Waals surface area contributed by atoms with Crippen LogP contribution in [0.4, 0.5) is 0 Å². The molecule has 0 bridgehead atoms. The third kappa shape index (κ3) is 22.1. The number of rotatable bonds is 27. The van der Waals surface area contributed by atoms with Gasteiger partial charge < -0.3 is 0 Å². The zero-order valence-corrected chi connectivity index (χ0v) is 24.7. The number of benzene rings is 1. The number of nitrogens with zero attached hydrogens (tertiary/aromatic N) is 1. The van der Waals surface area contributed by atoms with Crippen LogP contribution in [0.5, 0.6) is 0 Å². The average Bonchev–Trinajstić information content (AvgIpc) is 2.90. The Kier molecular flexibility index (Phi) is 24.7. The van der Waals surface area contributed by atoms with E-state index >= 15 is 0 Å². The van der Waals surface area contributed by atoms with Gasteiger partial charge >= 0.3 is 0 Å². The van der Waals surface area contributed by atoms with Crippen molar-refractivity contribution in [1.82, 2.24) is 4.90 Å². The maximum atomic E-state index is 2.71. The van der Waals surface area contributed by atoms with Crippen molar-refractivity contribution in [3.8, 4) is 0 Å². The molecule has 0 aliphatic rings. The minimum Gasteiger partial charge on any atom is -0.300 e. The fraction of sp³-hybridized carbons (Fsp3) is 0.771. The predicted molar refractivity (Wildman–Crippen MR) is 165 cm³/mol. The standard InChI is InChI=1S/C35H63N/c1-3-5-7-9-11-13-15-17-19-21-26-32-36(34-28-31-35-29-24-23-25-30-35)33-27-22-20-18-16-14-12-10-8-6-4-2/h23-25,28-31H,3-22,26-27,32-34H2,1-2H3. The number of unbranched alkanes of at least 4 members (excludes halogenated alkanes) is 20. The molecule has 0 aromatic heterocycles. The first-order chi connectivity index (χ1) is 17.9. The van der Waals surface area contributed by atoms with Crippen LogP contribution in [0, 0.1) is 0 Å². The molecule has 208 valence electrons. The van der Waals surface area contributed by atoms with E-state index in [0.29, 0.717) is 0 Å². The summed E-state index contributed by atoms with van der Waals surface area (Å²) in [6.45, 7) is 8.25. The highest BCUT2D eigenvalue weighted by Crippen LogP contribution is 2.14. The van der Waals surface area contributed by atoms with Crippen molar-refractivity contribution in [1.29, 1.82) is 0 Å². The maximum Gasteiger partial charge on any atom is 0.0166 e. The normalized spacial score (nSPS) is 11.8. The molecule has 0 unspecified atom stereocenters. The third-order valence-corrected chi connectivity index (χ3v) is 7.63. The summed E-state index contributed by atoms with van der Waals surface area (Å²) in [6, 6.07) is 10.8. The van der Waals surface area contributed by atoms with Crippen LogP contribution in [0.25, 0.3) is 6.08 Å². The lowest BCUT2D eigenvalue weighted by Crippen LogP contribution is -2.26. The summed E-state index contributed by atoms with van der Waals surface area (Å²) in [7, 11) is 0. The van der Waals surface area contributed by atoms with Gasteiger partial charge in [-0.1, -0.05) is 185 Å². The van der Waals surface area contributed by atoms with Gasteiger partial charge in [0.1, 0.15) is 0 Å². The van der Waals surface area contributed by atoms with Crippen molar-refractivity contribution in [2.45, 2.75) is 155 Å². The van der Waals surface area contributed by atoms with Crippen LogP contribution < -0.4 is 0 Å². The van der Waals surface area contributed by atoms with Crippen LogP contribution in [-0.2, 0) is 0 Å². The molecular formula is C35H63N. The molecule has 0 spiro atoms. The summed E-state index contributed by atoms with van der Waals surface area (Å²) in [6.07, 6.45) is 36.1. The lowest BCUT2D eigenvalue weighted by molar-refractivity contribution is 0.286. The van der Waals surface area contributed by atoms with E-state index in [1.165, 1.54) is 160 Å². The van der Waals surface area contributed by atoms with E-state index in [4.69, 9.17) is 0 Å². The van der Waals surface area contributed by atoms with Gasteiger partial charge in [-0.25, -0.2) is 0 Å². The molecule has 0 aliphatic heterocycles. The second kappa shape index (κ2) is 27.0. The molecule has 0 radical (unpaired) electrons. The van der Waals surface area contributed by atoms with Crippen molar-refractivity contribution in [2.24, 2.45) is 0 Å². The van der Waals surface area contributed by atoms with E-state index in [-0.39, 0.29) is 0 Å². The van der Waals surface area contributed by atoms with E-state index in [2.05, 4.69) is 61.2 Å². The monoisotopic (exact) mass is 497 g/mol. The minimum atomic E-state index is 1.10. The largest absolute Gasteiger partial charge is 0.300 e. The van der Waals surface area contributed by atoms with Gasteiger partial charge in [0.15, 0.2) is 0 Å². The molecule has 0 N–H and O–H groups in total. The fourth-order valence-corrected chi connectivity index (χ4v) is 5.20. The van der Waals surface area contributed by atoms with Gasteiger partial charge in [0.25, 0.3) is 0 Å². The highest BCUT2D eigenvalue weighted by atomic mass is 15.1. The molecule has 1 rings (SSSR count). The topological polar surface area (TPSA) is 3.24 Å². The van der Waals surface area contributed by atoms with E-state index in [0.717, 1.165) is 6.54 Å². The maximum absolute atomic E-state index is 2.71. The van der Waals surface area contributed by atoms with Crippen molar-refractivity contribution < 1.29 is 0 Å². The van der Waals surface area contributed by atoms with Crippen LogP contribution in [0.3, 0.4) is 0 Å². The van der Waals surface area contributed by atoms with Gasteiger partial charge in [0, 0.05) is 6.54 Å². The van der Waals surface area contributed by atoms with Gasteiger partial charge in [-0.2, -0.15) is 0 Å². The van der Waals surface area contributed by atoms with Gasteiger partial charge in [-0.15, -0.1) is 0 Å². The molecule has 36 heavy (non-hydrogen) atoms. The van der Waals surface area contributed by atoms with Crippen LogP contribution >= 0.6 is 0 Å². The lowest BCUT2D eigenvalue weighted by atomic mass is 10.1. The quantitative estimate of drug-likeness (QED) is 0.109. The van der Waals surface area contributed by atoms with Gasteiger partial charge in [-0.05, 0) is 31.5 Å². The zero-order chi connectivity index (χ0) is 25.8. The Morgan fingerprint density at radius 3 is 1.22 bits per heavy atom. The molecule has 0 heterocycles. The first-order valence-corrected chi connectivity index (χ1v) is 16.3. The minimum absolute atomic E-state index is 1.10. The molecule has 0 fully saturated rings.